The zero-order chi connectivity index (χ0) is 31.0. The van der Waals surface area contributed by atoms with Crippen LogP contribution in [-0.2, 0) is 38.1 Å². The van der Waals surface area contributed by atoms with Crippen LogP contribution in [0.1, 0.15) is 43.5 Å². The molecular weight excluding hydrogens is 592 g/mol. The monoisotopic (exact) mass is 626 g/mol. The van der Waals surface area contributed by atoms with Crippen molar-refractivity contribution in [3.05, 3.63) is 37.9 Å². The molecule has 0 spiro atoms. The second-order valence-electron chi connectivity index (χ2n) is 9.43. The molecule has 1 aliphatic heterocycles. The van der Waals surface area contributed by atoms with Gasteiger partial charge in [0.2, 0.25) is 0 Å². The second-order valence-corrected chi connectivity index (χ2v) is 12.6. The number of nitrogens with one attached hydrogen (secondary N) is 1. The van der Waals surface area contributed by atoms with Crippen LogP contribution in [0, 0.1) is 20.2 Å². The van der Waals surface area contributed by atoms with Crippen LogP contribution in [0.2, 0.25) is 0 Å². The van der Waals surface area contributed by atoms with Crippen LogP contribution >= 0.6 is 0 Å². The summed E-state index contributed by atoms with van der Waals surface area (Å²) in [5, 5.41) is 26.1. The van der Waals surface area contributed by atoms with E-state index in [0.717, 1.165) is 36.3 Å². The van der Waals surface area contributed by atoms with Crippen LogP contribution in [0.5, 0.6) is 0 Å². The summed E-state index contributed by atoms with van der Waals surface area (Å²) in [5.74, 6) is -0.932. The minimum atomic E-state index is -3.98. The van der Waals surface area contributed by atoms with Crippen molar-refractivity contribution >= 4 is 43.2 Å². The zero-order valence-electron chi connectivity index (χ0n) is 23.0. The van der Waals surface area contributed by atoms with Crippen molar-refractivity contribution in [1.82, 2.24) is 5.32 Å². The Balaban J connectivity index is 2.51. The summed E-state index contributed by atoms with van der Waals surface area (Å²) >= 11 is 0. The lowest BCUT2D eigenvalue weighted by molar-refractivity contribution is -0.393. The Labute approximate surface area is 237 Å². The van der Waals surface area contributed by atoms with Crippen molar-refractivity contribution in [3.8, 4) is 0 Å². The van der Waals surface area contributed by atoms with Gasteiger partial charge in [-0.15, -0.1) is 0 Å². The molecule has 0 aliphatic carbocycles. The Bertz CT molecular complexity index is 1270. The number of hydrogen-bond donors (Lipinski definition) is 1. The first kappa shape index (κ1) is 34.2. The van der Waals surface area contributed by atoms with Gasteiger partial charge in [0, 0.05) is 32.3 Å². The molecule has 1 fully saturated rings. The molecule has 1 N–H and O–H groups in total. The molecule has 0 radical (unpaired) electrons. The van der Waals surface area contributed by atoms with Crippen LogP contribution in [-0.4, -0.2) is 96.4 Å². The minimum Gasteiger partial charge on any atom is -0.360 e. The number of carbonyl (C=O) groups is 1. The smallest absolute Gasteiger partial charge is 0.300 e. The number of nitrogens with zero attached hydrogens (tertiary/aromatic N) is 3. The largest absolute Gasteiger partial charge is 0.360 e. The third-order valence-corrected chi connectivity index (χ3v) is 6.86. The standard InChI is InChI=1S/C22H34N4O13S2/c1-15(38-40(3,32)33)13-24(14-16(2)39-41(4,34)35)21-18(11-17(25(28)29)12-19(21)26(30)31)22(27)23-8-10-37-20-7-5-6-9-36-20/h11-12,15-16,20H,5-10,13-14H2,1-4H3,(H,23,27). The molecule has 1 aromatic carbocycles. The Morgan fingerprint density at radius 2 is 1.63 bits per heavy atom. The molecule has 19 heteroatoms. The van der Waals surface area contributed by atoms with E-state index in [4.69, 9.17) is 17.8 Å². The third-order valence-electron chi connectivity index (χ3n) is 5.51. The van der Waals surface area contributed by atoms with Crippen molar-refractivity contribution in [2.45, 2.75) is 51.6 Å². The van der Waals surface area contributed by atoms with Crippen molar-refractivity contribution in [3.63, 3.8) is 0 Å². The first-order valence-electron chi connectivity index (χ1n) is 12.5. The Morgan fingerprint density at radius 3 is 2.10 bits per heavy atom. The minimum absolute atomic E-state index is 0.0188. The molecule has 1 aliphatic rings. The number of benzene rings is 1. The fourth-order valence-electron chi connectivity index (χ4n) is 4.18. The van der Waals surface area contributed by atoms with E-state index in [1.807, 2.05) is 0 Å². The number of nitro groups is 2. The van der Waals surface area contributed by atoms with Gasteiger partial charge in [-0.1, -0.05) is 0 Å². The summed E-state index contributed by atoms with van der Waals surface area (Å²) in [5.41, 5.74) is -2.52. The number of amides is 1. The van der Waals surface area contributed by atoms with Gasteiger partial charge in [-0.25, -0.2) is 0 Å². The van der Waals surface area contributed by atoms with E-state index in [9.17, 15) is 41.9 Å². The normalized spacial score (nSPS) is 17.4. The second kappa shape index (κ2) is 14.8. The van der Waals surface area contributed by atoms with Crippen LogP contribution < -0.4 is 10.2 Å². The van der Waals surface area contributed by atoms with Gasteiger partial charge in [0.25, 0.3) is 37.5 Å². The van der Waals surface area contributed by atoms with Gasteiger partial charge < -0.3 is 19.7 Å². The number of carbonyl (C=O) groups excluding carboxylic acids is 1. The van der Waals surface area contributed by atoms with E-state index in [0.29, 0.717) is 19.1 Å². The van der Waals surface area contributed by atoms with Gasteiger partial charge in [-0.2, -0.15) is 16.8 Å². The van der Waals surface area contributed by atoms with Gasteiger partial charge in [0.1, 0.15) is 5.69 Å². The SMILES string of the molecule is CC(CN(CC(C)OS(C)(=O)=O)c1c(C(=O)NCCOC2CCCCO2)cc([N+](=O)[O-])cc1[N+](=O)[O-])OS(C)(=O)=O. The predicted octanol–water partition coefficient (Wildman–Crippen LogP) is 1.31. The summed E-state index contributed by atoms with van der Waals surface area (Å²) in [4.78, 5) is 36.2. The highest BCUT2D eigenvalue weighted by atomic mass is 32.2. The molecule has 0 saturated carbocycles. The number of hydrogen-bond acceptors (Lipinski definition) is 14. The lowest BCUT2D eigenvalue weighted by Crippen LogP contribution is -2.41. The molecule has 1 heterocycles. The number of ether oxygens (including phenoxy) is 2. The van der Waals surface area contributed by atoms with Gasteiger partial charge >= 0.3 is 0 Å². The summed E-state index contributed by atoms with van der Waals surface area (Å²) < 4.78 is 67.6. The lowest BCUT2D eigenvalue weighted by Gasteiger charge is -2.30. The maximum absolute atomic E-state index is 13.3. The van der Waals surface area contributed by atoms with Gasteiger partial charge in [-0.05, 0) is 33.1 Å². The average Bonchev–Trinajstić information content (AvgIpc) is 2.83. The highest BCUT2D eigenvalue weighted by Gasteiger charge is 2.33. The highest BCUT2D eigenvalue weighted by Crippen LogP contribution is 2.37. The fourth-order valence-corrected chi connectivity index (χ4v) is 5.50. The molecular formula is C22H34N4O13S2. The zero-order valence-corrected chi connectivity index (χ0v) is 24.6. The number of nitro benzene ring substituents is 2. The maximum atomic E-state index is 13.3. The molecule has 1 saturated heterocycles. The molecule has 1 amide bonds. The molecule has 0 bridgehead atoms. The highest BCUT2D eigenvalue weighted by molar-refractivity contribution is 7.86. The predicted molar refractivity (Wildman–Crippen MR) is 145 cm³/mol. The van der Waals surface area contributed by atoms with Crippen LogP contribution in [0.15, 0.2) is 12.1 Å². The number of anilines is 1. The lowest BCUT2D eigenvalue weighted by atomic mass is 10.1. The van der Waals surface area contributed by atoms with Crippen LogP contribution in [0.3, 0.4) is 0 Å². The van der Waals surface area contributed by atoms with Crippen LogP contribution in [0.4, 0.5) is 17.1 Å². The summed E-state index contributed by atoms with van der Waals surface area (Å²) in [6.07, 6.45) is 1.33. The third kappa shape index (κ3) is 11.8. The Hall–Kier alpha value is -2.97. The van der Waals surface area contributed by atoms with E-state index in [1.54, 1.807) is 0 Å². The van der Waals surface area contributed by atoms with E-state index < -0.39 is 90.2 Å². The Kier molecular flexibility index (Phi) is 12.3. The van der Waals surface area contributed by atoms with Gasteiger partial charge in [-0.3, -0.25) is 33.4 Å². The van der Waals surface area contributed by atoms with Crippen LogP contribution in [0.25, 0.3) is 0 Å². The van der Waals surface area contributed by atoms with E-state index >= 15 is 0 Å². The molecule has 3 atom stereocenters. The number of non-ortho nitro benzene ring substituents is 1. The van der Waals surface area contributed by atoms with Crippen molar-refractivity contribution in [2.75, 3.05) is 50.3 Å². The van der Waals surface area contributed by atoms with Gasteiger partial charge in [0.15, 0.2) is 6.29 Å². The molecule has 3 unspecified atom stereocenters. The molecule has 17 nitrogen and oxygen atoms in total. The summed E-state index contributed by atoms with van der Waals surface area (Å²) in [6.45, 7) is 2.32. The van der Waals surface area contributed by atoms with Crippen molar-refractivity contribution in [2.24, 2.45) is 0 Å². The van der Waals surface area contributed by atoms with E-state index in [2.05, 4.69) is 5.32 Å². The topological polar surface area (TPSA) is 224 Å². The Morgan fingerprint density at radius 1 is 1.05 bits per heavy atom. The molecule has 1 aromatic rings. The van der Waals surface area contributed by atoms with Gasteiger partial charge in [0.05, 0.1) is 52.8 Å². The molecule has 0 aromatic heterocycles. The van der Waals surface area contributed by atoms with Crippen molar-refractivity contribution < 1.29 is 49.3 Å². The summed E-state index contributed by atoms with van der Waals surface area (Å²) in [7, 11) is -7.97. The maximum Gasteiger partial charge on any atom is 0.300 e. The number of rotatable bonds is 16. The van der Waals surface area contributed by atoms with E-state index in [-0.39, 0.29) is 13.2 Å². The van der Waals surface area contributed by atoms with E-state index in [1.165, 1.54) is 13.8 Å². The molecule has 232 valence electrons. The quantitative estimate of drug-likeness (QED) is 0.118. The molecule has 41 heavy (non-hydrogen) atoms. The van der Waals surface area contributed by atoms with Crippen molar-refractivity contribution in [1.29, 1.82) is 0 Å². The molecule has 2 rings (SSSR count). The average molecular weight is 627 g/mol. The first-order valence-corrected chi connectivity index (χ1v) is 16.1. The fraction of sp³-hybridized carbons (Fsp3) is 0.682. The summed E-state index contributed by atoms with van der Waals surface area (Å²) in [6, 6.07) is 1.48. The first-order chi connectivity index (χ1) is 19.0.